The predicted molar refractivity (Wildman–Crippen MR) is 84.6 cm³/mol. The van der Waals surface area contributed by atoms with Crippen molar-refractivity contribution in [3.8, 4) is 0 Å². The number of anilines is 1. The molecule has 7 nitrogen and oxygen atoms in total. The number of aryl methyl sites for hydroxylation is 1. The highest BCUT2D eigenvalue weighted by Gasteiger charge is 2.17. The molecule has 0 amide bonds. The van der Waals surface area contributed by atoms with E-state index in [1.165, 1.54) is 10.9 Å². The number of nitrogens with zero attached hydrogens (tertiary/aromatic N) is 3. The van der Waals surface area contributed by atoms with Crippen molar-refractivity contribution in [1.29, 1.82) is 0 Å². The van der Waals surface area contributed by atoms with E-state index >= 15 is 0 Å². The van der Waals surface area contributed by atoms with Gasteiger partial charge in [-0.15, -0.1) is 0 Å². The maximum atomic E-state index is 11.9. The summed E-state index contributed by atoms with van der Waals surface area (Å²) in [6.45, 7) is 4.26. The van der Waals surface area contributed by atoms with Gasteiger partial charge in [0.15, 0.2) is 11.5 Å². The van der Waals surface area contributed by atoms with Crippen LogP contribution in [0.3, 0.4) is 0 Å². The van der Waals surface area contributed by atoms with Crippen molar-refractivity contribution in [2.75, 3.05) is 5.73 Å². The van der Waals surface area contributed by atoms with Crippen LogP contribution in [-0.4, -0.2) is 21.6 Å². The number of hydrogen-bond acceptors (Lipinski definition) is 5. The molecule has 8 heteroatoms. The molecule has 1 aromatic heterocycles. The van der Waals surface area contributed by atoms with Gasteiger partial charge in [0.05, 0.1) is 5.02 Å². The highest BCUT2D eigenvalue weighted by Crippen LogP contribution is 2.17. The third kappa shape index (κ3) is 3.20. The Kier molecular flexibility index (Phi) is 4.67. The first kappa shape index (κ1) is 15.8. The van der Waals surface area contributed by atoms with Crippen molar-refractivity contribution >= 4 is 29.1 Å². The highest BCUT2D eigenvalue weighted by atomic mass is 35.5. The number of nitrogen functional groups attached to an aromatic ring is 1. The normalized spacial score (nSPS) is 11.5. The first-order valence-corrected chi connectivity index (χ1v) is 6.95. The Morgan fingerprint density at radius 1 is 1.50 bits per heavy atom. The molecule has 1 aromatic carbocycles. The Labute approximate surface area is 132 Å². The topological polar surface area (TPSA) is 109 Å². The van der Waals surface area contributed by atoms with Gasteiger partial charge >= 0.3 is 5.97 Å². The molecule has 0 bridgehead atoms. The third-order valence-electron chi connectivity index (χ3n) is 3.11. The first-order chi connectivity index (χ1) is 10.4. The van der Waals surface area contributed by atoms with Crippen LogP contribution in [0.15, 0.2) is 29.6 Å². The van der Waals surface area contributed by atoms with Crippen molar-refractivity contribution in [2.24, 2.45) is 10.9 Å². The average Bonchev–Trinajstić information content (AvgIpc) is 2.88. The summed E-state index contributed by atoms with van der Waals surface area (Å²) >= 11 is 5.92. The summed E-state index contributed by atoms with van der Waals surface area (Å²) in [4.78, 5) is 16.7. The van der Waals surface area contributed by atoms with Crippen LogP contribution in [0.2, 0.25) is 5.02 Å². The van der Waals surface area contributed by atoms with Crippen LogP contribution in [0.4, 0.5) is 5.69 Å². The van der Waals surface area contributed by atoms with Crippen LogP contribution in [0, 0.1) is 6.92 Å². The number of carbonyl (C=O) groups excluding carboxylic acids is 1. The molecular weight excluding hydrogens is 306 g/mol. The molecule has 0 saturated carbocycles. The Morgan fingerprint density at radius 3 is 2.86 bits per heavy atom. The van der Waals surface area contributed by atoms with E-state index in [-0.39, 0.29) is 16.6 Å². The fraction of sp³-hybridized carbons (Fsp3) is 0.214. The minimum Gasteiger partial charge on any atom is -0.398 e. The lowest BCUT2D eigenvalue weighted by atomic mass is 10.1. The molecule has 0 aliphatic heterocycles. The molecule has 0 aliphatic carbocycles. The van der Waals surface area contributed by atoms with E-state index < -0.39 is 5.97 Å². The van der Waals surface area contributed by atoms with E-state index in [2.05, 4.69) is 10.3 Å². The summed E-state index contributed by atoms with van der Waals surface area (Å²) < 4.78 is 1.52. The van der Waals surface area contributed by atoms with Crippen molar-refractivity contribution in [2.45, 2.75) is 20.4 Å². The number of hydrogen-bond donors (Lipinski definition) is 2. The highest BCUT2D eigenvalue weighted by molar-refractivity contribution is 6.33. The standard InChI is InChI=1S/C14H16ClN5O2/c1-3-20-7-10(15)12(18-20)14(21)22-19-13(17)9-5-4-6-11(16)8(9)2/h4-7H,3,16H2,1-2H3,(H2,17,19). The summed E-state index contributed by atoms with van der Waals surface area (Å²) in [5.41, 5.74) is 13.5. The minimum absolute atomic E-state index is 0.00985. The second kappa shape index (κ2) is 6.48. The van der Waals surface area contributed by atoms with Gasteiger partial charge in [0.1, 0.15) is 0 Å². The number of benzene rings is 1. The second-order valence-corrected chi connectivity index (χ2v) is 4.96. The van der Waals surface area contributed by atoms with E-state index in [1.54, 1.807) is 25.1 Å². The van der Waals surface area contributed by atoms with Gasteiger partial charge in [0.25, 0.3) is 0 Å². The van der Waals surface area contributed by atoms with Crippen LogP contribution in [0.25, 0.3) is 0 Å². The van der Waals surface area contributed by atoms with Crippen LogP contribution >= 0.6 is 11.6 Å². The van der Waals surface area contributed by atoms with Gasteiger partial charge in [-0.3, -0.25) is 4.68 Å². The zero-order valence-electron chi connectivity index (χ0n) is 12.2. The number of amidine groups is 1. The van der Waals surface area contributed by atoms with E-state index in [0.717, 1.165) is 5.56 Å². The predicted octanol–water partition coefficient (Wildman–Crippen LogP) is 1.92. The molecule has 0 aliphatic rings. The van der Waals surface area contributed by atoms with Gasteiger partial charge < -0.3 is 16.3 Å². The number of rotatable bonds is 4. The monoisotopic (exact) mass is 321 g/mol. The Bertz CT molecular complexity index is 739. The maximum Gasteiger partial charge on any atom is 0.387 e. The summed E-state index contributed by atoms with van der Waals surface area (Å²) in [6, 6.07) is 5.22. The fourth-order valence-electron chi connectivity index (χ4n) is 1.81. The zero-order valence-corrected chi connectivity index (χ0v) is 13.0. The van der Waals surface area contributed by atoms with Gasteiger partial charge in [-0.05, 0) is 25.5 Å². The number of halogens is 1. The van der Waals surface area contributed by atoms with Gasteiger partial charge in [0, 0.05) is 24.0 Å². The second-order valence-electron chi connectivity index (χ2n) is 4.56. The summed E-state index contributed by atoms with van der Waals surface area (Å²) in [7, 11) is 0. The summed E-state index contributed by atoms with van der Waals surface area (Å²) in [5, 5.41) is 7.82. The largest absolute Gasteiger partial charge is 0.398 e. The summed E-state index contributed by atoms with van der Waals surface area (Å²) in [6.07, 6.45) is 1.53. The molecule has 22 heavy (non-hydrogen) atoms. The smallest absolute Gasteiger partial charge is 0.387 e. The van der Waals surface area contributed by atoms with E-state index in [4.69, 9.17) is 27.9 Å². The van der Waals surface area contributed by atoms with Crippen LogP contribution in [0.1, 0.15) is 28.5 Å². The SMILES string of the molecule is CCn1cc(Cl)c(C(=O)O/N=C(\N)c2cccc(N)c2C)n1. The van der Waals surface area contributed by atoms with E-state index in [1.807, 2.05) is 6.92 Å². The number of carbonyl (C=O) groups is 1. The lowest BCUT2D eigenvalue weighted by Crippen LogP contribution is -2.17. The van der Waals surface area contributed by atoms with Gasteiger partial charge in [0.2, 0.25) is 0 Å². The number of oxime groups is 1. The molecule has 2 aromatic rings. The average molecular weight is 322 g/mol. The Hall–Kier alpha value is -2.54. The maximum absolute atomic E-state index is 11.9. The molecule has 2 rings (SSSR count). The fourth-order valence-corrected chi connectivity index (χ4v) is 2.04. The third-order valence-corrected chi connectivity index (χ3v) is 3.39. The molecule has 0 spiro atoms. The van der Waals surface area contributed by atoms with E-state index in [0.29, 0.717) is 17.8 Å². The Morgan fingerprint density at radius 2 is 2.23 bits per heavy atom. The van der Waals surface area contributed by atoms with Crippen LogP contribution < -0.4 is 11.5 Å². The molecular formula is C14H16ClN5O2. The number of nitrogens with two attached hydrogens (primary N) is 2. The van der Waals surface area contributed by atoms with Crippen molar-refractivity contribution < 1.29 is 9.63 Å². The van der Waals surface area contributed by atoms with Gasteiger partial charge in [-0.25, -0.2) is 4.79 Å². The number of aromatic nitrogens is 2. The molecule has 0 radical (unpaired) electrons. The van der Waals surface area contributed by atoms with Crippen LogP contribution in [0.5, 0.6) is 0 Å². The molecule has 116 valence electrons. The van der Waals surface area contributed by atoms with Crippen molar-refractivity contribution in [3.05, 3.63) is 46.2 Å². The van der Waals surface area contributed by atoms with Gasteiger partial charge in [-0.2, -0.15) is 5.10 Å². The lowest BCUT2D eigenvalue weighted by Gasteiger charge is -2.06. The quantitative estimate of drug-likeness (QED) is 0.294. The molecule has 4 N–H and O–H groups in total. The van der Waals surface area contributed by atoms with E-state index in [9.17, 15) is 4.79 Å². The van der Waals surface area contributed by atoms with Crippen molar-refractivity contribution in [3.63, 3.8) is 0 Å². The minimum atomic E-state index is -0.776. The summed E-state index contributed by atoms with van der Waals surface area (Å²) in [5.74, 6) is -0.731. The van der Waals surface area contributed by atoms with Crippen LogP contribution in [-0.2, 0) is 11.4 Å². The van der Waals surface area contributed by atoms with Crippen molar-refractivity contribution in [1.82, 2.24) is 9.78 Å². The van der Waals surface area contributed by atoms with Gasteiger partial charge in [-0.1, -0.05) is 28.9 Å². The lowest BCUT2D eigenvalue weighted by molar-refractivity contribution is 0.0508. The molecule has 0 atom stereocenters. The first-order valence-electron chi connectivity index (χ1n) is 6.57. The molecule has 0 fully saturated rings. The molecule has 1 heterocycles. The molecule has 0 unspecified atom stereocenters. The molecule has 0 saturated heterocycles. The Balaban J connectivity index is 2.18. The zero-order chi connectivity index (χ0) is 16.3.